The van der Waals surface area contributed by atoms with Crippen molar-refractivity contribution in [2.24, 2.45) is 0 Å². The topological polar surface area (TPSA) is 62.1 Å². The highest BCUT2D eigenvalue weighted by Gasteiger charge is 2.12. The van der Waals surface area contributed by atoms with Crippen LogP contribution in [0.3, 0.4) is 0 Å². The molecule has 3 aromatic rings. The van der Waals surface area contributed by atoms with Gasteiger partial charge in [0, 0.05) is 6.54 Å². The van der Waals surface area contributed by atoms with Crippen LogP contribution in [0.5, 0.6) is 5.75 Å². The molecule has 0 spiro atoms. The molecular weight excluding hydrogens is 645 g/mol. The van der Waals surface area contributed by atoms with Gasteiger partial charge < -0.3 is 10.1 Å². The first-order valence-corrected chi connectivity index (χ1v) is 12.4. The van der Waals surface area contributed by atoms with Crippen LogP contribution in [-0.2, 0) is 17.8 Å². The molecule has 1 N–H and O–H groups in total. The van der Waals surface area contributed by atoms with Crippen LogP contribution in [0.4, 0.5) is 4.39 Å². The van der Waals surface area contributed by atoms with E-state index in [1.807, 2.05) is 36.4 Å². The third kappa shape index (κ3) is 7.82. The molecule has 0 aliphatic rings. The van der Waals surface area contributed by atoms with Gasteiger partial charge in [0.25, 0.3) is 5.91 Å². The Morgan fingerprint density at radius 3 is 2.39 bits per heavy atom. The number of carbonyl (C=O) groups is 1. The molecule has 0 saturated heterocycles. The monoisotopic (exact) mass is 666 g/mol. The summed E-state index contributed by atoms with van der Waals surface area (Å²) >= 11 is 4.31. The lowest BCUT2D eigenvalue weighted by Gasteiger charge is -2.12. The molecule has 0 radical (unpaired) electrons. The minimum atomic E-state index is -0.387. The molecule has 33 heavy (non-hydrogen) atoms. The predicted octanol–water partition coefficient (Wildman–Crippen LogP) is 6.27. The van der Waals surface area contributed by atoms with E-state index in [0.29, 0.717) is 12.3 Å². The minimum Gasteiger partial charge on any atom is -0.487 e. The molecule has 0 aliphatic heterocycles. The normalized spacial score (nSPS) is 11.0. The van der Waals surface area contributed by atoms with Crippen molar-refractivity contribution in [3.05, 3.63) is 102 Å². The van der Waals surface area contributed by atoms with Gasteiger partial charge in [0.1, 0.15) is 29.8 Å². The Labute approximate surface area is 220 Å². The van der Waals surface area contributed by atoms with E-state index in [1.54, 1.807) is 18.2 Å². The fourth-order valence-electron chi connectivity index (χ4n) is 3.13. The summed E-state index contributed by atoms with van der Waals surface area (Å²) < 4.78 is 20.9. The lowest BCUT2D eigenvalue weighted by molar-refractivity contribution is -0.117. The van der Waals surface area contributed by atoms with Crippen LogP contribution in [-0.4, -0.2) is 12.5 Å². The Kier molecular flexibility index (Phi) is 9.69. The molecule has 3 aromatic carbocycles. The number of halogens is 3. The number of hydrogen-bond acceptors (Lipinski definition) is 3. The van der Waals surface area contributed by atoms with Gasteiger partial charge in [0.2, 0.25) is 0 Å². The average molecular weight is 666 g/mol. The minimum absolute atomic E-state index is 0.0507. The Hall–Kier alpha value is -2.45. The number of nitriles is 1. The van der Waals surface area contributed by atoms with E-state index in [4.69, 9.17) is 4.74 Å². The maximum atomic E-state index is 13.4. The first-order valence-electron chi connectivity index (χ1n) is 10.3. The molecule has 0 aliphatic carbocycles. The number of nitrogens with zero attached hydrogens (tertiary/aromatic N) is 1. The first kappa shape index (κ1) is 25.2. The summed E-state index contributed by atoms with van der Waals surface area (Å²) in [5, 5.41) is 12.3. The zero-order chi connectivity index (χ0) is 23.6. The van der Waals surface area contributed by atoms with E-state index in [1.165, 1.54) is 17.7 Å². The van der Waals surface area contributed by atoms with Crippen molar-refractivity contribution in [3.8, 4) is 11.8 Å². The van der Waals surface area contributed by atoms with Crippen LogP contribution >= 0.6 is 45.2 Å². The summed E-state index contributed by atoms with van der Waals surface area (Å²) in [6.07, 6.45) is 3.23. The lowest BCUT2D eigenvalue weighted by atomic mass is 10.1. The number of aryl methyl sites for hydroxylation is 1. The second-order valence-corrected chi connectivity index (χ2v) is 9.57. The standard InChI is InChI=1S/C26H21FI2N2O2/c27-22-10-4-8-19(13-22)17-33-25-23(28)14-20(15-24(25)29)12-21(16-30)26(32)31-11-5-9-18-6-2-1-3-7-18/h1-4,6-8,10,12-15H,5,9,11,17H2,(H,31,32)/b21-12-. The highest BCUT2D eigenvalue weighted by atomic mass is 127. The summed E-state index contributed by atoms with van der Waals surface area (Å²) in [6, 6.07) is 22.0. The number of rotatable bonds is 9. The number of amides is 1. The molecule has 0 fully saturated rings. The van der Waals surface area contributed by atoms with Gasteiger partial charge in [-0.25, -0.2) is 4.39 Å². The van der Waals surface area contributed by atoms with Gasteiger partial charge in [-0.3, -0.25) is 4.79 Å². The third-order valence-electron chi connectivity index (χ3n) is 4.74. The van der Waals surface area contributed by atoms with E-state index >= 15 is 0 Å². The van der Waals surface area contributed by atoms with Crippen LogP contribution < -0.4 is 10.1 Å². The molecule has 1 amide bonds. The van der Waals surface area contributed by atoms with Gasteiger partial charge in [-0.2, -0.15) is 5.26 Å². The molecule has 4 nitrogen and oxygen atoms in total. The van der Waals surface area contributed by atoms with E-state index in [0.717, 1.165) is 31.1 Å². The van der Waals surface area contributed by atoms with Crippen molar-refractivity contribution >= 4 is 57.2 Å². The van der Waals surface area contributed by atoms with Crippen molar-refractivity contribution in [2.45, 2.75) is 19.4 Å². The largest absolute Gasteiger partial charge is 0.487 e. The maximum absolute atomic E-state index is 13.4. The van der Waals surface area contributed by atoms with E-state index in [-0.39, 0.29) is 23.9 Å². The quantitative estimate of drug-likeness (QED) is 0.127. The van der Waals surface area contributed by atoms with Gasteiger partial charge in [-0.1, -0.05) is 42.5 Å². The highest BCUT2D eigenvalue weighted by Crippen LogP contribution is 2.30. The average Bonchev–Trinajstić information content (AvgIpc) is 2.80. The van der Waals surface area contributed by atoms with E-state index in [9.17, 15) is 14.4 Å². The highest BCUT2D eigenvalue weighted by molar-refractivity contribution is 14.1. The summed E-state index contributed by atoms with van der Waals surface area (Å²) in [4.78, 5) is 12.5. The molecule has 168 valence electrons. The summed E-state index contributed by atoms with van der Waals surface area (Å²) in [7, 11) is 0. The summed E-state index contributed by atoms with van der Waals surface area (Å²) in [5.41, 5.74) is 2.74. The Bertz CT molecular complexity index is 1170. The van der Waals surface area contributed by atoms with Gasteiger partial charge in [-0.05, 0) is 105 Å². The fourth-order valence-corrected chi connectivity index (χ4v) is 5.26. The number of hydrogen-bond donors (Lipinski definition) is 1. The molecule has 0 bridgehead atoms. The van der Waals surface area contributed by atoms with Crippen LogP contribution in [0.15, 0.2) is 72.3 Å². The Morgan fingerprint density at radius 1 is 1.03 bits per heavy atom. The molecule has 0 unspecified atom stereocenters. The third-order valence-corrected chi connectivity index (χ3v) is 6.34. The van der Waals surface area contributed by atoms with Crippen molar-refractivity contribution in [2.75, 3.05) is 6.54 Å². The molecule has 0 atom stereocenters. The second kappa shape index (κ2) is 12.7. The predicted molar refractivity (Wildman–Crippen MR) is 144 cm³/mol. The van der Waals surface area contributed by atoms with Crippen LogP contribution in [0.2, 0.25) is 0 Å². The van der Waals surface area contributed by atoms with Gasteiger partial charge >= 0.3 is 0 Å². The van der Waals surface area contributed by atoms with Crippen molar-refractivity contribution in [1.82, 2.24) is 5.32 Å². The number of benzene rings is 3. The van der Waals surface area contributed by atoms with Gasteiger partial charge in [0.15, 0.2) is 0 Å². The smallest absolute Gasteiger partial charge is 0.261 e. The summed E-state index contributed by atoms with van der Waals surface area (Å²) in [5.74, 6) is -0.00755. The van der Waals surface area contributed by atoms with Crippen molar-refractivity contribution in [3.63, 3.8) is 0 Å². The molecule has 0 aromatic heterocycles. The molecule has 3 rings (SSSR count). The Morgan fingerprint density at radius 2 is 1.73 bits per heavy atom. The van der Waals surface area contributed by atoms with Crippen molar-refractivity contribution < 1.29 is 13.9 Å². The number of ether oxygens (including phenoxy) is 1. The van der Waals surface area contributed by atoms with Crippen LogP contribution in [0.25, 0.3) is 6.08 Å². The Balaban J connectivity index is 1.61. The first-order chi connectivity index (χ1) is 16.0. The fraction of sp³-hybridized carbons (Fsp3) is 0.154. The maximum Gasteiger partial charge on any atom is 0.261 e. The van der Waals surface area contributed by atoms with Crippen LogP contribution in [0.1, 0.15) is 23.1 Å². The van der Waals surface area contributed by atoms with Crippen LogP contribution in [0, 0.1) is 24.3 Å². The SMILES string of the molecule is N#C/C(=C/c1cc(I)c(OCc2cccc(F)c2)c(I)c1)C(=O)NCCCc1ccccc1. The zero-order valence-electron chi connectivity index (χ0n) is 17.7. The van der Waals surface area contributed by atoms with Gasteiger partial charge in [-0.15, -0.1) is 0 Å². The van der Waals surface area contributed by atoms with Crippen molar-refractivity contribution in [1.29, 1.82) is 5.26 Å². The molecule has 7 heteroatoms. The second-order valence-electron chi connectivity index (χ2n) is 7.25. The molecular formula is C26H21FI2N2O2. The number of carbonyl (C=O) groups excluding carboxylic acids is 1. The van der Waals surface area contributed by atoms with E-state index < -0.39 is 0 Å². The summed E-state index contributed by atoms with van der Waals surface area (Å²) in [6.45, 7) is 0.739. The zero-order valence-corrected chi connectivity index (χ0v) is 22.0. The van der Waals surface area contributed by atoms with Gasteiger partial charge in [0.05, 0.1) is 7.14 Å². The molecule has 0 saturated carbocycles. The number of nitrogens with one attached hydrogen (secondary N) is 1. The lowest BCUT2D eigenvalue weighted by Crippen LogP contribution is -2.25. The van der Waals surface area contributed by atoms with E-state index in [2.05, 4.69) is 62.6 Å². The molecule has 0 heterocycles.